The summed E-state index contributed by atoms with van der Waals surface area (Å²) in [5, 5.41) is -1.96. The number of hydrogen-bond donors (Lipinski definition) is 0. The van der Waals surface area contributed by atoms with Crippen LogP contribution in [-0.4, -0.2) is 10.2 Å². The summed E-state index contributed by atoms with van der Waals surface area (Å²) in [6, 6.07) is 0. The normalized spacial score (nSPS) is 5.50. The molecule has 0 amide bonds. The van der Waals surface area contributed by atoms with Gasteiger partial charge in [0.25, 0.3) is 0 Å². The van der Waals surface area contributed by atoms with E-state index in [9.17, 15) is 9.59 Å². The maximum atomic E-state index is 9.50. The summed E-state index contributed by atoms with van der Waals surface area (Å²) in [6.45, 7) is 0. The maximum Gasteiger partial charge on any atom is 1.00 e. The first-order valence-corrected chi connectivity index (χ1v) is 1.88. The van der Waals surface area contributed by atoms with Crippen LogP contribution < -0.4 is 103 Å². The van der Waals surface area contributed by atoms with Crippen molar-refractivity contribution >= 4 is 35.5 Å². The van der Waals surface area contributed by atoms with Gasteiger partial charge < -0.3 is 34.8 Å². The van der Waals surface area contributed by atoms with Crippen molar-refractivity contribution in [1.82, 2.24) is 0 Å². The Morgan fingerprint density at radius 1 is 0.875 bits per heavy atom. The maximum absolute atomic E-state index is 9.50. The molecule has 0 aliphatic rings. The molecule has 0 fully saturated rings. The molecule has 34 valence electrons. The largest absolute Gasteiger partial charge is 1.00 e. The predicted molar refractivity (Wildman–Crippen MR) is 24.7 cm³/mol. The van der Waals surface area contributed by atoms with Crippen LogP contribution in [0.25, 0.3) is 0 Å². The molecule has 0 atom stereocenters. The monoisotopic (exact) mass is 198 g/mol. The van der Waals surface area contributed by atoms with E-state index in [4.69, 9.17) is 0 Å². The van der Waals surface area contributed by atoms with Crippen molar-refractivity contribution in [3.05, 3.63) is 0 Å². The Morgan fingerprint density at radius 3 is 1.00 bits per heavy atom. The standard InChI is InChI=1S/C2H2O2S2.2K/c3-1(5)2(4)6;;/h(H,3,5)(H,4,6);;/q;2*+1/p-2. The zero-order valence-corrected chi connectivity index (χ0v) is 12.5. The Hall–Kier alpha value is 3.05. The second-order valence-electron chi connectivity index (χ2n) is 0.575. The molecule has 8 heavy (non-hydrogen) atoms. The van der Waals surface area contributed by atoms with Crippen molar-refractivity contribution in [2.24, 2.45) is 0 Å². The summed E-state index contributed by atoms with van der Waals surface area (Å²) >= 11 is 7.62. The molecule has 0 radical (unpaired) electrons. The van der Waals surface area contributed by atoms with Crippen molar-refractivity contribution in [2.45, 2.75) is 0 Å². The predicted octanol–water partition coefficient (Wildman–Crippen LogP) is -6.86. The van der Waals surface area contributed by atoms with Crippen molar-refractivity contribution in [3.8, 4) is 0 Å². The van der Waals surface area contributed by atoms with Gasteiger partial charge in [-0.15, -0.1) is 0 Å². The Balaban J connectivity index is -0.000000125. The molecule has 0 saturated carbocycles. The molecule has 0 spiro atoms. The third-order valence-corrected chi connectivity index (χ3v) is 0.667. The fourth-order valence-corrected chi connectivity index (χ4v) is 0. The van der Waals surface area contributed by atoms with E-state index in [1.54, 1.807) is 0 Å². The van der Waals surface area contributed by atoms with Gasteiger partial charge in [0.15, 0.2) is 0 Å². The average molecular weight is 198 g/mol. The second kappa shape index (κ2) is 10.1. The van der Waals surface area contributed by atoms with Gasteiger partial charge in [0, 0.05) is 0 Å². The molecule has 0 aliphatic carbocycles. The fourth-order valence-electron chi connectivity index (χ4n) is 0. The molecule has 0 aromatic heterocycles. The summed E-state index contributed by atoms with van der Waals surface area (Å²) < 4.78 is 0. The van der Waals surface area contributed by atoms with Crippen LogP contribution in [0.4, 0.5) is 0 Å². The molecule has 0 saturated heterocycles. The van der Waals surface area contributed by atoms with Crippen LogP contribution in [0.15, 0.2) is 0 Å². The average Bonchev–Trinajstić information content (AvgIpc) is 1.36. The van der Waals surface area contributed by atoms with E-state index < -0.39 is 10.2 Å². The minimum absolute atomic E-state index is 0. The van der Waals surface area contributed by atoms with Gasteiger partial charge in [-0.05, 0) is 0 Å². The van der Waals surface area contributed by atoms with Crippen LogP contribution in [0.5, 0.6) is 0 Å². The summed E-state index contributed by atoms with van der Waals surface area (Å²) in [7, 11) is 0. The first kappa shape index (κ1) is 17.2. The molecule has 0 N–H and O–H groups in total. The van der Waals surface area contributed by atoms with Crippen LogP contribution in [0.2, 0.25) is 0 Å². The summed E-state index contributed by atoms with van der Waals surface area (Å²) in [5.74, 6) is 0. The van der Waals surface area contributed by atoms with Gasteiger partial charge in [-0.2, -0.15) is 0 Å². The summed E-state index contributed by atoms with van der Waals surface area (Å²) in [4.78, 5) is 19.0. The third-order valence-electron chi connectivity index (χ3n) is 0.167. The molecule has 0 heterocycles. The fraction of sp³-hybridized carbons (Fsp3) is 0. The molecule has 0 bridgehead atoms. The van der Waals surface area contributed by atoms with Crippen molar-refractivity contribution in [3.63, 3.8) is 0 Å². The second-order valence-corrected chi connectivity index (χ2v) is 1.32. The molecular formula is C2K2O2S2. The van der Waals surface area contributed by atoms with Gasteiger partial charge in [-0.1, -0.05) is 0 Å². The Morgan fingerprint density at radius 2 is 1.00 bits per heavy atom. The SMILES string of the molecule is O=C([S-])C(=O)[S-].[K+].[K+]. The van der Waals surface area contributed by atoms with E-state index in [0.717, 1.165) is 0 Å². The van der Waals surface area contributed by atoms with Gasteiger partial charge in [0.1, 0.15) is 0 Å². The number of rotatable bonds is 1. The molecule has 0 aromatic carbocycles. The van der Waals surface area contributed by atoms with Crippen LogP contribution in [0, 0.1) is 0 Å². The molecule has 2 nitrogen and oxygen atoms in total. The summed E-state index contributed by atoms with van der Waals surface area (Å²) in [5.41, 5.74) is 0. The minimum atomic E-state index is -0.981. The zero-order chi connectivity index (χ0) is 5.15. The zero-order valence-electron chi connectivity index (χ0n) is 4.63. The molecule has 0 rings (SSSR count). The van der Waals surface area contributed by atoms with Crippen molar-refractivity contribution < 1.29 is 112 Å². The van der Waals surface area contributed by atoms with E-state index in [1.165, 1.54) is 0 Å². The van der Waals surface area contributed by atoms with Crippen LogP contribution in [-0.2, 0) is 34.8 Å². The van der Waals surface area contributed by atoms with Gasteiger partial charge in [0.2, 0.25) is 0 Å². The van der Waals surface area contributed by atoms with Gasteiger partial charge in [-0.25, -0.2) is 0 Å². The first-order valence-electron chi connectivity index (χ1n) is 1.07. The van der Waals surface area contributed by atoms with Crippen LogP contribution in [0.1, 0.15) is 0 Å². The molecular weight excluding hydrogens is 198 g/mol. The Kier molecular flexibility index (Phi) is 21.6. The Bertz CT molecular complexity index is 82.0. The topological polar surface area (TPSA) is 34.1 Å². The molecule has 0 unspecified atom stereocenters. The van der Waals surface area contributed by atoms with Crippen LogP contribution >= 0.6 is 0 Å². The molecule has 6 heteroatoms. The quantitative estimate of drug-likeness (QED) is 0.238. The Labute approximate surface area is 144 Å². The van der Waals surface area contributed by atoms with Gasteiger partial charge in [0.05, 0.1) is 10.2 Å². The van der Waals surface area contributed by atoms with E-state index in [2.05, 4.69) is 25.3 Å². The van der Waals surface area contributed by atoms with Crippen LogP contribution in [0.3, 0.4) is 0 Å². The van der Waals surface area contributed by atoms with Crippen molar-refractivity contribution in [2.75, 3.05) is 0 Å². The number of carbonyl (C=O) groups is 2. The summed E-state index contributed by atoms with van der Waals surface area (Å²) in [6.07, 6.45) is 0. The first-order chi connectivity index (χ1) is 2.64. The molecule has 0 aliphatic heterocycles. The van der Waals surface area contributed by atoms with E-state index in [1.807, 2.05) is 0 Å². The van der Waals surface area contributed by atoms with Gasteiger partial charge in [-0.3, -0.25) is 0 Å². The van der Waals surface area contributed by atoms with Crippen molar-refractivity contribution in [1.29, 1.82) is 0 Å². The van der Waals surface area contributed by atoms with E-state index in [-0.39, 0.29) is 103 Å². The minimum Gasteiger partial charge on any atom is -0.736 e. The molecule has 0 aromatic rings. The number of hydrogen-bond acceptors (Lipinski definition) is 4. The smallest absolute Gasteiger partial charge is 0.736 e. The van der Waals surface area contributed by atoms with E-state index in [0.29, 0.717) is 0 Å². The third kappa shape index (κ3) is 11.8. The van der Waals surface area contributed by atoms with E-state index >= 15 is 0 Å². The van der Waals surface area contributed by atoms with Gasteiger partial charge >= 0.3 is 103 Å². The number of carbonyl (C=O) groups excluding carboxylic acids is 2.